The number of halogens is 2. The molecule has 0 saturated carbocycles. The molecule has 0 aliphatic carbocycles. The van der Waals surface area contributed by atoms with E-state index in [9.17, 15) is 8.78 Å². The van der Waals surface area contributed by atoms with Gasteiger partial charge < -0.3 is 15.4 Å². The standard InChI is InChI=1S/C17H23F2N5O/c1-3-20-17(23-12-15-21-8-10-24(15)16(18)19)22-9-11-25-14-6-4-13(2)5-7-14/h4-8,10,16H,3,9,11-12H2,1-2H3,(H2,20,22,23). The van der Waals surface area contributed by atoms with E-state index in [1.807, 2.05) is 38.1 Å². The van der Waals surface area contributed by atoms with Crippen molar-refractivity contribution in [2.45, 2.75) is 26.9 Å². The van der Waals surface area contributed by atoms with Gasteiger partial charge in [-0.05, 0) is 26.0 Å². The van der Waals surface area contributed by atoms with E-state index >= 15 is 0 Å². The van der Waals surface area contributed by atoms with Crippen molar-refractivity contribution < 1.29 is 13.5 Å². The van der Waals surface area contributed by atoms with Crippen LogP contribution in [0.3, 0.4) is 0 Å². The maximum absolute atomic E-state index is 12.8. The Kier molecular flexibility index (Phi) is 7.18. The molecule has 0 radical (unpaired) electrons. The minimum atomic E-state index is -2.62. The third-order valence-corrected chi connectivity index (χ3v) is 3.37. The number of hydrogen-bond acceptors (Lipinski definition) is 3. The molecule has 2 rings (SSSR count). The summed E-state index contributed by atoms with van der Waals surface area (Å²) in [6.07, 6.45) is 2.58. The van der Waals surface area contributed by atoms with Gasteiger partial charge >= 0.3 is 6.55 Å². The highest BCUT2D eigenvalue weighted by atomic mass is 19.3. The van der Waals surface area contributed by atoms with Gasteiger partial charge in [-0.2, -0.15) is 8.78 Å². The van der Waals surface area contributed by atoms with Crippen LogP contribution >= 0.6 is 0 Å². The first-order chi connectivity index (χ1) is 12.1. The number of aromatic nitrogens is 2. The minimum Gasteiger partial charge on any atom is -0.492 e. The van der Waals surface area contributed by atoms with Gasteiger partial charge in [0.2, 0.25) is 0 Å². The summed E-state index contributed by atoms with van der Waals surface area (Å²) in [6, 6.07) is 7.80. The van der Waals surface area contributed by atoms with Gasteiger partial charge in [0.25, 0.3) is 0 Å². The molecule has 136 valence electrons. The molecule has 25 heavy (non-hydrogen) atoms. The maximum atomic E-state index is 12.8. The van der Waals surface area contributed by atoms with E-state index in [4.69, 9.17) is 4.74 Å². The number of rotatable bonds is 8. The smallest absolute Gasteiger partial charge is 0.319 e. The fourth-order valence-electron chi connectivity index (χ4n) is 2.11. The first kappa shape index (κ1) is 18.7. The van der Waals surface area contributed by atoms with Crippen LogP contribution in [0.4, 0.5) is 8.78 Å². The van der Waals surface area contributed by atoms with E-state index in [0.717, 1.165) is 10.3 Å². The fraction of sp³-hybridized carbons (Fsp3) is 0.412. The summed E-state index contributed by atoms with van der Waals surface area (Å²) in [7, 11) is 0. The van der Waals surface area contributed by atoms with Crippen molar-refractivity contribution in [2.75, 3.05) is 19.7 Å². The highest BCUT2D eigenvalue weighted by Crippen LogP contribution is 2.13. The van der Waals surface area contributed by atoms with Gasteiger partial charge in [-0.25, -0.2) is 9.98 Å². The summed E-state index contributed by atoms with van der Waals surface area (Å²) < 4.78 is 32.0. The van der Waals surface area contributed by atoms with Crippen LogP contribution < -0.4 is 15.4 Å². The van der Waals surface area contributed by atoms with Crippen molar-refractivity contribution in [3.05, 3.63) is 48.0 Å². The summed E-state index contributed by atoms with van der Waals surface area (Å²) in [6.45, 7) is 3.04. The molecule has 0 fully saturated rings. The quantitative estimate of drug-likeness (QED) is 0.436. The number of alkyl halides is 2. The highest BCUT2D eigenvalue weighted by Gasteiger charge is 2.10. The summed E-state index contributed by atoms with van der Waals surface area (Å²) in [5, 5.41) is 6.16. The Hall–Kier alpha value is -2.64. The van der Waals surface area contributed by atoms with Crippen molar-refractivity contribution in [3.63, 3.8) is 0 Å². The number of imidazole rings is 1. The van der Waals surface area contributed by atoms with E-state index in [1.165, 1.54) is 18.0 Å². The molecule has 0 atom stereocenters. The monoisotopic (exact) mass is 351 g/mol. The highest BCUT2D eigenvalue weighted by molar-refractivity contribution is 5.79. The number of aryl methyl sites for hydroxylation is 1. The molecule has 0 aliphatic rings. The molecule has 1 heterocycles. The number of ether oxygens (including phenoxy) is 1. The molecule has 0 unspecified atom stereocenters. The van der Waals surface area contributed by atoms with Crippen molar-refractivity contribution in [2.24, 2.45) is 4.99 Å². The topological polar surface area (TPSA) is 63.5 Å². The number of benzene rings is 1. The maximum Gasteiger partial charge on any atom is 0.319 e. The molecular weight excluding hydrogens is 328 g/mol. The molecular formula is C17H23F2N5O. The average Bonchev–Trinajstić information content (AvgIpc) is 3.07. The van der Waals surface area contributed by atoms with E-state index in [0.29, 0.717) is 25.7 Å². The van der Waals surface area contributed by atoms with Crippen molar-refractivity contribution >= 4 is 5.96 Å². The lowest BCUT2D eigenvalue weighted by atomic mass is 10.2. The van der Waals surface area contributed by atoms with Crippen LogP contribution in [0.1, 0.15) is 24.9 Å². The van der Waals surface area contributed by atoms with E-state index in [-0.39, 0.29) is 12.4 Å². The van der Waals surface area contributed by atoms with Crippen LogP contribution in [-0.4, -0.2) is 35.2 Å². The zero-order valence-electron chi connectivity index (χ0n) is 14.4. The minimum absolute atomic E-state index is 0.0610. The second-order valence-electron chi connectivity index (χ2n) is 5.31. The van der Waals surface area contributed by atoms with Crippen LogP contribution in [-0.2, 0) is 6.54 Å². The van der Waals surface area contributed by atoms with Crippen molar-refractivity contribution in [1.82, 2.24) is 20.2 Å². The molecule has 0 spiro atoms. The van der Waals surface area contributed by atoms with Gasteiger partial charge in [-0.1, -0.05) is 17.7 Å². The van der Waals surface area contributed by atoms with E-state index in [1.54, 1.807) is 0 Å². The lowest BCUT2D eigenvalue weighted by molar-refractivity contribution is 0.0671. The van der Waals surface area contributed by atoms with Crippen LogP contribution in [0.2, 0.25) is 0 Å². The zero-order valence-corrected chi connectivity index (χ0v) is 14.4. The molecule has 0 saturated heterocycles. The SMILES string of the molecule is CCNC(=NCc1nccn1C(F)F)NCCOc1ccc(C)cc1. The van der Waals surface area contributed by atoms with Crippen molar-refractivity contribution in [1.29, 1.82) is 0 Å². The van der Waals surface area contributed by atoms with E-state index in [2.05, 4.69) is 20.6 Å². The van der Waals surface area contributed by atoms with Crippen LogP contribution in [0.15, 0.2) is 41.7 Å². The Balaban J connectivity index is 1.83. The third kappa shape index (κ3) is 6.06. The number of guanidine groups is 1. The number of aliphatic imine (C=N–C) groups is 1. The second kappa shape index (κ2) is 9.61. The number of nitrogens with one attached hydrogen (secondary N) is 2. The fourth-order valence-corrected chi connectivity index (χ4v) is 2.11. The molecule has 1 aromatic carbocycles. The van der Waals surface area contributed by atoms with Crippen LogP contribution in [0, 0.1) is 6.92 Å². The van der Waals surface area contributed by atoms with Gasteiger partial charge in [-0.15, -0.1) is 0 Å². The Morgan fingerprint density at radius 1 is 1.28 bits per heavy atom. The molecule has 0 aliphatic heterocycles. The Bertz CT molecular complexity index is 670. The Morgan fingerprint density at radius 3 is 2.72 bits per heavy atom. The molecule has 8 heteroatoms. The van der Waals surface area contributed by atoms with Crippen molar-refractivity contribution in [3.8, 4) is 5.75 Å². The Morgan fingerprint density at radius 2 is 2.04 bits per heavy atom. The summed E-state index contributed by atoms with van der Waals surface area (Å²) >= 11 is 0. The number of nitrogens with zero attached hydrogens (tertiary/aromatic N) is 3. The summed E-state index contributed by atoms with van der Waals surface area (Å²) in [5.74, 6) is 1.54. The van der Waals surface area contributed by atoms with Gasteiger partial charge in [0.1, 0.15) is 24.7 Å². The molecule has 2 aromatic rings. The lowest BCUT2D eigenvalue weighted by Crippen LogP contribution is -2.39. The predicted molar refractivity (Wildman–Crippen MR) is 93.0 cm³/mol. The van der Waals surface area contributed by atoms with Gasteiger partial charge in [0.15, 0.2) is 5.96 Å². The van der Waals surface area contributed by atoms with E-state index < -0.39 is 6.55 Å². The predicted octanol–water partition coefficient (Wildman–Crippen LogP) is 2.72. The molecule has 0 amide bonds. The number of hydrogen-bond donors (Lipinski definition) is 2. The first-order valence-electron chi connectivity index (χ1n) is 8.11. The average molecular weight is 351 g/mol. The Labute approximate surface area is 145 Å². The normalized spacial score (nSPS) is 11.6. The third-order valence-electron chi connectivity index (χ3n) is 3.37. The van der Waals surface area contributed by atoms with Gasteiger partial charge in [-0.3, -0.25) is 4.57 Å². The van der Waals surface area contributed by atoms with Gasteiger partial charge in [0.05, 0.1) is 6.54 Å². The molecule has 0 bridgehead atoms. The van der Waals surface area contributed by atoms with Crippen LogP contribution in [0.25, 0.3) is 0 Å². The van der Waals surface area contributed by atoms with Crippen LogP contribution in [0.5, 0.6) is 5.75 Å². The van der Waals surface area contributed by atoms with Gasteiger partial charge in [0, 0.05) is 18.9 Å². The second-order valence-corrected chi connectivity index (χ2v) is 5.31. The summed E-state index contributed by atoms with van der Waals surface area (Å²) in [4.78, 5) is 8.19. The molecule has 2 N–H and O–H groups in total. The first-order valence-corrected chi connectivity index (χ1v) is 8.11. The zero-order chi connectivity index (χ0) is 18.1. The molecule has 1 aromatic heterocycles. The largest absolute Gasteiger partial charge is 0.492 e. The molecule has 6 nitrogen and oxygen atoms in total. The lowest BCUT2D eigenvalue weighted by Gasteiger charge is -2.12. The summed E-state index contributed by atoms with van der Waals surface area (Å²) in [5.41, 5.74) is 1.18.